The monoisotopic (exact) mass is 1820 g/mol. The molecule has 0 nitrogen and oxygen atoms in total. The molecule has 10 aromatic rings. The molecule has 512 valence electrons. The van der Waals surface area contributed by atoms with Crippen LogP contribution in [0.2, 0.25) is 0 Å². The quantitative estimate of drug-likeness (QED) is 0.0846. The Morgan fingerprint density at radius 2 is 0.224 bits per heavy atom. The van der Waals surface area contributed by atoms with Gasteiger partial charge in [0.25, 0.3) is 0 Å². The van der Waals surface area contributed by atoms with Gasteiger partial charge in [-0.15, -0.1) is 0 Å². The topological polar surface area (TPSA) is 0 Å². The van der Waals surface area contributed by atoms with Crippen LogP contribution in [-0.4, -0.2) is 120 Å². The van der Waals surface area contributed by atoms with E-state index < -0.39 is 0 Å². The molecule has 0 saturated heterocycles. The Morgan fingerprint density at radius 1 is 0.133 bits per heavy atom. The molecular weight excluding hydrogens is 1710 g/mol. The molecule has 0 fully saturated rings. The van der Waals surface area contributed by atoms with Crippen LogP contribution in [0.15, 0.2) is 194 Å². The normalized spacial score (nSPS) is 13.0. The van der Waals surface area contributed by atoms with Gasteiger partial charge in [0.2, 0.25) is 0 Å². The zero-order chi connectivity index (χ0) is 71.3. The van der Waals surface area contributed by atoms with Crippen LogP contribution >= 0.6 is 0 Å². The van der Waals surface area contributed by atoms with Crippen LogP contribution in [0.5, 0.6) is 0 Å². The third kappa shape index (κ3) is 19.3. The third-order valence-corrected chi connectivity index (χ3v) is 40.7. The summed E-state index contributed by atoms with van der Waals surface area (Å²) in [6, 6.07) is 79.8. The fourth-order valence-corrected chi connectivity index (χ4v) is 34.8. The Morgan fingerprint density at radius 3 is 0.316 bits per heavy atom. The number of hydrogen-bond donors (Lipinski definition) is 0. The second-order valence-corrected chi connectivity index (χ2v) is 52.6. The number of hydrogen-bond acceptors (Lipinski definition) is 0. The van der Waals surface area contributed by atoms with Crippen LogP contribution in [0.3, 0.4) is 0 Å². The van der Waals surface area contributed by atoms with Crippen molar-refractivity contribution in [2.24, 2.45) is 0 Å². The summed E-state index contributed by atoms with van der Waals surface area (Å²) in [5.41, 5.74) is 11.4. The minimum atomic E-state index is -0.0778. The summed E-state index contributed by atoms with van der Waals surface area (Å²) in [6.07, 6.45) is 0. The molecule has 98 heavy (non-hydrogen) atoms. The van der Waals surface area contributed by atoms with Gasteiger partial charge in [-0.3, -0.25) is 0 Å². The van der Waals surface area contributed by atoms with Crippen molar-refractivity contribution < 1.29 is 0 Å². The van der Waals surface area contributed by atoms with E-state index in [0.717, 1.165) is 0 Å². The van der Waals surface area contributed by atoms with E-state index in [9.17, 15) is 0 Å². The van der Waals surface area contributed by atoms with Crippen LogP contribution in [0.1, 0.15) is 211 Å². The van der Waals surface area contributed by atoms with E-state index in [-0.39, 0.29) is 163 Å². The van der Waals surface area contributed by atoms with Gasteiger partial charge in [-0.25, -0.2) is 0 Å². The van der Waals surface area contributed by atoms with Gasteiger partial charge in [0.1, 0.15) is 0 Å². The summed E-state index contributed by atoms with van der Waals surface area (Å²) >= 11 is -0.499. The maximum absolute atomic E-state index is 2.53. The molecule has 0 bridgehead atoms. The number of benzene rings is 10. The molecule has 0 saturated carbocycles. The molecule has 0 aliphatic rings. The van der Waals surface area contributed by atoms with E-state index in [1.54, 1.807) is 46.5 Å². The van der Waals surface area contributed by atoms with E-state index in [2.05, 4.69) is 360 Å². The molecule has 8 heteroatoms. The first kappa shape index (κ1) is 77.2. The molecule has 0 aliphatic heterocycles. The molecule has 0 N–H and O–H groups in total. The molecule has 0 aromatic heterocycles. The first-order chi connectivity index (χ1) is 45.6. The number of rotatable bonds is 16. The van der Waals surface area contributed by atoms with E-state index in [1.165, 1.54) is 80.2 Å². The summed E-state index contributed by atoms with van der Waals surface area (Å²) in [5.74, 6) is 0. The van der Waals surface area contributed by atoms with Crippen molar-refractivity contribution in [3.8, 4) is 0 Å². The van der Waals surface area contributed by atoms with Gasteiger partial charge < -0.3 is 0 Å². The average Bonchev–Trinajstić information content (AvgIpc) is 0.712. The van der Waals surface area contributed by atoms with Crippen molar-refractivity contribution in [2.75, 3.05) is 0 Å². The fraction of sp³-hybridized carbons (Fsp3) is 0.356. The van der Waals surface area contributed by atoms with Crippen LogP contribution in [-0.2, 0) is 43.3 Å². The molecule has 10 rings (SSSR count). The van der Waals surface area contributed by atoms with E-state index in [1.807, 2.05) is 0 Å². The molecule has 0 heterocycles. The maximum atomic E-state index is 2.53. The van der Waals surface area contributed by atoms with Crippen molar-refractivity contribution in [1.82, 2.24) is 0 Å². The molecular formula is C90H104Se8. The van der Waals surface area contributed by atoms with Crippen LogP contribution in [0.4, 0.5) is 0 Å². The second-order valence-electron chi connectivity index (χ2n) is 34.4. The predicted molar refractivity (Wildman–Crippen MR) is 445 cm³/mol. The second kappa shape index (κ2) is 30.4. The predicted octanol–water partition coefficient (Wildman–Crippen LogP) is 10.5. The van der Waals surface area contributed by atoms with Gasteiger partial charge in [-0.05, 0) is 0 Å². The van der Waals surface area contributed by atoms with Crippen molar-refractivity contribution in [3.63, 3.8) is 0 Å². The Balaban J connectivity index is 1.48. The Labute approximate surface area is 642 Å². The standard InChI is InChI=1S/C90H104Se8/c1-83(2,3)57-25-41-65(42-26-57)91-75-73-74(77(93-67-45-29-59(30-46-67)85(7,8)9)80(96-70-51-35-62(36-52-70)88(16,17)18)79(75)95-69-49-33-61(34-50-69)87(13,14)15)78(94-68-47-31-60(32-48-68)86(10,11)12)82(98-72-55-39-64(40-56-72)90(22,23)24)81(97-71-53-37-63(38-54-71)89(19,20)21)76(73)92-66-43-27-58(28-44-66)84(4,5)6/h25-56H,1-24H3. The van der Waals surface area contributed by atoms with Gasteiger partial charge in [-0.1, -0.05) is 0 Å². The van der Waals surface area contributed by atoms with Crippen molar-refractivity contribution in [3.05, 3.63) is 239 Å². The van der Waals surface area contributed by atoms with Gasteiger partial charge >= 0.3 is 650 Å². The van der Waals surface area contributed by atoms with E-state index in [4.69, 9.17) is 0 Å². The first-order valence-electron chi connectivity index (χ1n) is 34.6. The molecule has 0 amide bonds. The van der Waals surface area contributed by atoms with Crippen molar-refractivity contribution in [2.45, 2.75) is 209 Å². The Bertz CT molecular complexity index is 3820. The van der Waals surface area contributed by atoms with Crippen molar-refractivity contribution in [1.29, 1.82) is 0 Å². The van der Waals surface area contributed by atoms with Gasteiger partial charge in [0.05, 0.1) is 0 Å². The molecule has 10 aromatic carbocycles. The van der Waals surface area contributed by atoms with E-state index in [0.29, 0.717) is 0 Å². The summed E-state index contributed by atoms with van der Waals surface area (Å²) in [4.78, 5) is 0. The summed E-state index contributed by atoms with van der Waals surface area (Å²) in [7, 11) is 0. The molecule has 0 aliphatic carbocycles. The van der Waals surface area contributed by atoms with Crippen LogP contribution < -0.4 is 71.4 Å². The summed E-state index contributed by atoms with van der Waals surface area (Å²) in [6.45, 7) is 56.8. The minimum absolute atomic E-state index is 0.0341. The average molecular weight is 1820 g/mol. The molecule has 0 unspecified atom stereocenters. The molecule has 0 atom stereocenters. The zero-order valence-electron chi connectivity index (χ0n) is 62.7. The molecule has 0 spiro atoms. The third-order valence-electron chi connectivity index (χ3n) is 17.9. The summed E-state index contributed by atoms with van der Waals surface area (Å²) < 4.78 is 24.6. The molecule has 0 radical (unpaired) electrons. The van der Waals surface area contributed by atoms with E-state index >= 15 is 0 Å². The van der Waals surface area contributed by atoms with Gasteiger partial charge in [0, 0.05) is 0 Å². The van der Waals surface area contributed by atoms with Gasteiger partial charge in [0.15, 0.2) is 0 Å². The first-order valence-corrected chi connectivity index (χ1v) is 48.3. The Kier molecular flexibility index (Phi) is 23.9. The van der Waals surface area contributed by atoms with Crippen molar-refractivity contribution >= 4 is 202 Å². The van der Waals surface area contributed by atoms with Gasteiger partial charge in [-0.2, -0.15) is 0 Å². The van der Waals surface area contributed by atoms with Crippen LogP contribution in [0.25, 0.3) is 10.8 Å². The van der Waals surface area contributed by atoms with Crippen LogP contribution in [0, 0.1) is 0 Å². The zero-order valence-corrected chi connectivity index (χ0v) is 76.4. The number of fused-ring (bicyclic) bond motifs is 1. The fourth-order valence-electron chi connectivity index (χ4n) is 11.4. The Hall–Kier alpha value is -3.38. The summed E-state index contributed by atoms with van der Waals surface area (Å²) in [5, 5.41) is 3.18. The SMILES string of the molecule is CC(C)(C)c1ccc([Se]c2c([Se]c3ccc(C(C)(C)C)cc3)c([Se]c3ccc(C(C)(C)C)cc3)c3c([Se]c4ccc(C(C)(C)C)cc4)c([Se]c4ccc(C(C)(C)C)cc4)c([Se]c4ccc(C(C)(C)C)cc4)c([Se]c4ccc(C(C)(C)C)cc4)c3c2[Se]c2ccc(C(C)(C)C)cc2)cc1.